The first-order valence-electron chi connectivity index (χ1n) is 14.8. The van der Waals surface area contributed by atoms with Crippen molar-refractivity contribution in [3.05, 3.63) is 106 Å². The molecule has 0 saturated carbocycles. The SMILES string of the molecule is Cc1nn(C)cc1-c1cc2nc(Cl)ccc2[n+]([O-])c1.Cc1nn(C)cc1-c1cc2nc(Nc3cc(C(C)C)cnn3)ccc2[n+]([O-])c1. The van der Waals surface area contributed by atoms with Crippen molar-refractivity contribution in [1.29, 1.82) is 0 Å². The van der Waals surface area contributed by atoms with Crippen LogP contribution in [0.5, 0.6) is 0 Å². The first kappa shape index (κ1) is 31.3. The maximum absolute atomic E-state index is 12.5. The number of rotatable bonds is 5. The third-order valence-electron chi connectivity index (χ3n) is 7.59. The number of pyridine rings is 4. The topological polar surface area (TPSA) is 153 Å². The van der Waals surface area contributed by atoms with E-state index in [1.807, 2.05) is 58.5 Å². The zero-order chi connectivity index (χ0) is 33.4. The van der Waals surface area contributed by atoms with Crippen LogP contribution in [0, 0.1) is 24.3 Å². The Kier molecular flexibility index (Phi) is 8.39. The van der Waals surface area contributed by atoms with Gasteiger partial charge in [0, 0.05) is 49.7 Å². The van der Waals surface area contributed by atoms with Crippen LogP contribution in [-0.4, -0.2) is 39.7 Å². The fourth-order valence-corrected chi connectivity index (χ4v) is 5.43. The molecule has 0 saturated heterocycles. The molecule has 7 rings (SSSR count). The molecule has 7 heterocycles. The summed E-state index contributed by atoms with van der Waals surface area (Å²) in [6, 6.07) is 12.5. The van der Waals surface area contributed by atoms with Crippen LogP contribution in [0.3, 0.4) is 0 Å². The number of aryl methyl sites for hydroxylation is 4. The molecule has 0 radical (unpaired) electrons. The lowest BCUT2D eigenvalue weighted by Crippen LogP contribution is -2.27. The monoisotopic (exact) mass is 649 g/mol. The van der Waals surface area contributed by atoms with Crippen LogP contribution in [0.2, 0.25) is 5.15 Å². The number of aromatic nitrogens is 10. The van der Waals surface area contributed by atoms with Crippen LogP contribution < -0.4 is 14.8 Å². The maximum atomic E-state index is 12.5. The Labute approximate surface area is 275 Å². The van der Waals surface area contributed by atoms with Gasteiger partial charge in [-0.05, 0) is 55.7 Å². The molecule has 0 aromatic carbocycles. The zero-order valence-corrected chi connectivity index (χ0v) is 27.4. The molecular formula is C33H32ClN11O2. The van der Waals surface area contributed by atoms with Gasteiger partial charge in [0.05, 0.1) is 28.7 Å². The number of nitrogens with zero attached hydrogens (tertiary/aromatic N) is 10. The Bertz CT molecular complexity index is 2260. The van der Waals surface area contributed by atoms with Crippen LogP contribution in [0.4, 0.5) is 11.6 Å². The highest BCUT2D eigenvalue weighted by molar-refractivity contribution is 6.29. The van der Waals surface area contributed by atoms with Gasteiger partial charge in [0.2, 0.25) is 11.0 Å². The molecule has 14 heteroatoms. The van der Waals surface area contributed by atoms with Crippen molar-refractivity contribution in [3.63, 3.8) is 0 Å². The van der Waals surface area contributed by atoms with E-state index in [0.29, 0.717) is 44.8 Å². The smallest absolute Gasteiger partial charge is 0.242 e. The Morgan fingerprint density at radius 2 is 1.32 bits per heavy atom. The second-order valence-corrected chi connectivity index (χ2v) is 11.9. The van der Waals surface area contributed by atoms with Gasteiger partial charge in [0.25, 0.3) is 0 Å². The minimum absolute atomic E-state index is 0.352. The highest BCUT2D eigenvalue weighted by atomic mass is 35.5. The van der Waals surface area contributed by atoms with Gasteiger partial charge in [0.1, 0.15) is 22.0 Å². The van der Waals surface area contributed by atoms with Gasteiger partial charge in [-0.1, -0.05) is 25.4 Å². The molecule has 47 heavy (non-hydrogen) atoms. The molecule has 7 aromatic heterocycles. The summed E-state index contributed by atoms with van der Waals surface area (Å²) < 4.78 is 5.10. The number of halogens is 1. The molecule has 7 aromatic rings. The second kappa shape index (κ2) is 12.6. The van der Waals surface area contributed by atoms with Gasteiger partial charge in [0.15, 0.2) is 18.2 Å². The van der Waals surface area contributed by atoms with Crippen molar-refractivity contribution < 1.29 is 9.46 Å². The highest BCUT2D eigenvalue weighted by Crippen LogP contribution is 2.26. The largest absolute Gasteiger partial charge is 0.618 e. The number of hydrogen-bond donors (Lipinski definition) is 1. The molecule has 0 bridgehead atoms. The Balaban J connectivity index is 0.000000177. The molecule has 13 nitrogen and oxygen atoms in total. The summed E-state index contributed by atoms with van der Waals surface area (Å²) >= 11 is 5.87. The van der Waals surface area contributed by atoms with E-state index in [1.54, 1.807) is 46.0 Å². The van der Waals surface area contributed by atoms with Crippen molar-refractivity contribution in [1.82, 2.24) is 39.7 Å². The molecule has 0 aliphatic heterocycles. The summed E-state index contributed by atoms with van der Waals surface area (Å²) in [6.45, 7) is 8.02. The molecule has 0 amide bonds. The first-order chi connectivity index (χ1) is 22.4. The lowest BCUT2D eigenvalue weighted by atomic mass is 10.1. The summed E-state index contributed by atoms with van der Waals surface area (Å²) in [4.78, 5) is 8.78. The summed E-state index contributed by atoms with van der Waals surface area (Å²) in [6.07, 6.45) is 8.61. The molecule has 0 aliphatic carbocycles. The lowest BCUT2D eigenvalue weighted by Gasteiger charge is -2.09. The quantitative estimate of drug-likeness (QED) is 0.145. The lowest BCUT2D eigenvalue weighted by molar-refractivity contribution is -0.576. The molecule has 0 atom stereocenters. The van der Waals surface area contributed by atoms with Crippen LogP contribution >= 0.6 is 11.6 Å². The summed E-state index contributed by atoms with van der Waals surface area (Å²) in [5.41, 5.74) is 8.35. The molecule has 0 spiro atoms. The number of nitrogens with one attached hydrogen (secondary N) is 1. The van der Waals surface area contributed by atoms with E-state index in [0.717, 1.165) is 48.7 Å². The standard InChI is InChI=1S/C20H21N7O.C13H11ClN4O/c1-12(2)14-8-20(24-21-9-14)23-19-6-5-18-17(22-19)7-15(10-27(18)28)16-11-26(4)25-13(16)3;1-8-10(7-17(2)16-8)9-5-11-12(18(19)6-9)3-4-13(14)15-11/h5-12H,1-4H3,(H,22,23,24);3-7H,1-2H3. The minimum Gasteiger partial charge on any atom is -0.618 e. The zero-order valence-electron chi connectivity index (χ0n) is 26.7. The highest BCUT2D eigenvalue weighted by Gasteiger charge is 2.16. The van der Waals surface area contributed by atoms with Crippen LogP contribution in [-0.2, 0) is 14.1 Å². The fourth-order valence-electron chi connectivity index (χ4n) is 5.28. The molecule has 238 valence electrons. The van der Waals surface area contributed by atoms with Crippen LogP contribution in [0.15, 0.2) is 73.4 Å². The van der Waals surface area contributed by atoms with E-state index >= 15 is 0 Å². The van der Waals surface area contributed by atoms with E-state index in [4.69, 9.17) is 11.6 Å². The third kappa shape index (κ3) is 6.65. The number of anilines is 2. The first-order valence-corrected chi connectivity index (χ1v) is 15.2. The molecular weight excluding hydrogens is 618 g/mol. The van der Waals surface area contributed by atoms with Crippen molar-refractivity contribution >= 4 is 45.3 Å². The van der Waals surface area contributed by atoms with Crippen LogP contribution in [0.25, 0.3) is 44.3 Å². The third-order valence-corrected chi connectivity index (χ3v) is 7.80. The average molecular weight is 650 g/mol. The normalized spacial score (nSPS) is 11.2. The maximum Gasteiger partial charge on any atom is 0.242 e. The van der Waals surface area contributed by atoms with Gasteiger partial charge in [-0.3, -0.25) is 9.36 Å². The fraction of sp³-hybridized carbons (Fsp3) is 0.212. The van der Waals surface area contributed by atoms with Crippen LogP contribution in [0.1, 0.15) is 36.7 Å². The van der Waals surface area contributed by atoms with Crippen molar-refractivity contribution in [2.24, 2.45) is 14.1 Å². The van der Waals surface area contributed by atoms with E-state index in [2.05, 4.69) is 49.5 Å². The number of hydrogen-bond acceptors (Lipinski definition) is 9. The van der Waals surface area contributed by atoms with Gasteiger partial charge in [-0.15, -0.1) is 5.10 Å². The molecule has 0 aliphatic rings. The van der Waals surface area contributed by atoms with Gasteiger partial charge >= 0.3 is 0 Å². The number of fused-ring (bicyclic) bond motifs is 2. The van der Waals surface area contributed by atoms with Gasteiger partial charge in [-0.25, -0.2) is 9.97 Å². The summed E-state index contributed by atoms with van der Waals surface area (Å²) in [7, 11) is 3.70. The van der Waals surface area contributed by atoms with Gasteiger partial charge in [-0.2, -0.15) is 24.8 Å². The van der Waals surface area contributed by atoms with Gasteiger partial charge < -0.3 is 15.7 Å². The Hall–Kier alpha value is -5.69. The molecule has 0 unspecified atom stereocenters. The predicted molar refractivity (Wildman–Crippen MR) is 180 cm³/mol. The van der Waals surface area contributed by atoms with Crippen molar-refractivity contribution in [3.8, 4) is 22.3 Å². The summed E-state index contributed by atoms with van der Waals surface area (Å²) in [5, 5.41) is 44.8. The minimum atomic E-state index is 0.352. The average Bonchev–Trinajstić information content (AvgIpc) is 3.55. The van der Waals surface area contributed by atoms with E-state index in [1.165, 1.54) is 6.20 Å². The molecule has 0 fully saturated rings. The van der Waals surface area contributed by atoms with E-state index in [9.17, 15) is 10.4 Å². The van der Waals surface area contributed by atoms with Crippen molar-refractivity contribution in [2.75, 3.05) is 5.32 Å². The Morgan fingerprint density at radius 1 is 0.766 bits per heavy atom. The van der Waals surface area contributed by atoms with E-state index in [-0.39, 0.29) is 0 Å². The van der Waals surface area contributed by atoms with E-state index < -0.39 is 0 Å². The predicted octanol–water partition coefficient (Wildman–Crippen LogP) is 5.46. The summed E-state index contributed by atoms with van der Waals surface area (Å²) in [5.74, 6) is 1.57. The second-order valence-electron chi connectivity index (χ2n) is 11.5. The Morgan fingerprint density at radius 3 is 1.85 bits per heavy atom. The molecule has 1 N–H and O–H groups in total. The van der Waals surface area contributed by atoms with Crippen molar-refractivity contribution in [2.45, 2.75) is 33.6 Å².